The van der Waals surface area contributed by atoms with Crippen LogP contribution >= 0.6 is 0 Å². The van der Waals surface area contributed by atoms with E-state index in [1.165, 1.54) is 0 Å². The summed E-state index contributed by atoms with van der Waals surface area (Å²) < 4.78 is 23.4. The van der Waals surface area contributed by atoms with Gasteiger partial charge in [-0.2, -0.15) is 0 Å². The number of nitrogen functional groups attached to an aromatic ring is 1. The Labute approximate surface area is 179 Å². The summed E-state index contributed by atoms with van der Waals surface area (Å²) in [5.74, 6) is 2.93. The number of methoxy groups -OCH3 is 4. The summed E-state index contributed by atoms with van der Waals surface area (Å²) in [5.41, 5.74) is 9.73. The van der Waals surface area contributed by atoms with Crippen LogP contribution < -0.4 is 30.0 Å². The fraction of sp³-hybridized carbons (Fsp3) is 0.182. The van der Waals surface area contributed by atoms with Crippen molar-refractivity contribution in [2.75, 3.05) is 39.5 Å². The van der Waals surface area contributed by atoms with Gasteiger partial charge in [0.05, 0.1) is 39.8 Å². The van der Waals surface area contributed by atoms with Crippen LogP contribution in [0.15, 0.2) is 48.7 Å². The molecule has 0 radical (unpaired) electrons. The molecular weight excluding hydrogens is 398 g/mol. The lowest BCUT2D eigenvalue weighted by molar-refractivity contribution is 0.324. The fourth-order valence-electron chi connectivity index (χ4n) is 3.35. The van der Waals surface area contributed by atoms with Crippen molar-refractivity contribution in [3.63, 3.8) is 0 Å². The van der Waals surface area contributed by atoms with Crippen molar-refractivity contribution in [3.8, 4) is 34.4 Å². The number of ether oxygens (including phenoxy) is 4. The molecule has 0 atom stereocenters. The maximum Gasteiger partial charge on any atom is 0.203 e. The monoisotopic (exact) mass is 421 g/mol. The molecule has 2 heterocycles. The summed E-state index contributed by atoms with van der Waals surface area (Å²) in [5, 5.41) is 11.9. The van der Waals surface area contributed by atoms with Crippen LogP contribution in [0.25, 0.3) is 17.0 Å². The maximum atomic E-state index is 6.06. The molecule has 0 aliphatic carbocycles. The van der Waals surface area contributed by atoms with Crippen molar-refractivity contribution < 1.29 is 18.9 Å². The molecule has 2 aromatic carbocycles. The van der Waals surface area contributed by atoms with Crippen molar-refractivity contribution >= 4 is 22.7 Å². The highest BCUT2D eigenvalue weighted by molar-refractivity contribution is 5.71. The van der Waals surface area contributed by atoms with Crippen LogP contribution in [0.5, 0.6) is 23.0 Å². The Kier molecular flexibility index (Phi) is 5.40. The van der Waals surface area contributed by atoms with E-state index in [0.717, 1.165) is 16.9 Å². The third-order valence-corrected chi connectivity index (χ3v) is 4.84. The Morgan fingerprint density at radius 3 is 2.10 bits per heavy atom. The number of fused-ring (bicyclic) bond motifs is 1. The molecule has 4 aromatic rings. The minimum absolute atomic E-state index is 0.531. The van der Waals surface area contributed by atoms with E-state index in [1.54, 1.807) is 28.4 Å². The molecule has 9 nitrogen and oxygen atoms in total. The van der Waals surface area contributed by atoms with Crippen LogP contribution in [0.3, 0.4) is 0 Å². The minimum Gasteiger partial charge on any atom is -0.495 e. The molecule has 0 saturated carbocycles. The molecule has 2 aromatic heterocycles. The second-order valence-electron chi connectivity index (χ2n) is 6.67. The van der Waals surface area contributed by atoms with Gasteiger partial charge in [-0.3, -0.25) is 4.40 Å². The first-order valence-electron chi connectivity index (χ1n) is 9.43. The SMILES string of the molecule is COc1ccc(-c2nnc3ccc(Nc4cc(OC)c(OC)c(OC)c4)cn23)cc1N. The maximum absolute atomic E-state index is 6.06. The molecule has 0 saturated heterocycles. The molecule has 31 heavy (non-hydrogen) atoms. The van der Waals surface area contributed by atoms with E-state index in [4.69, 9.17) is 24.7 Å². The molecule has 0 amide bonds. The molecule has 160 valence electrons. The zero-order valence-corrected chi connectivity index (χ0v) is 17.7. The second kappa shape index (κ2) is 8.31. The van der Waals surface area contributed by atoms with Crippen LogP contribution in [0, 0.1) is 0 Å². The van der Waals surface area contributed by atoms with Crippen LogP contribution in [-0.4, -0.2) is 43.0 Å². The normalized spacial score (nSPS) is 10.7. The third kappa shape index (κ3) is 3.73. The first-order chi connectivity index (χ1) is 15.1. The summed E-state index contributed by atoms with van der Waals surface area (Å²) in [6.07, 6.45) is 1.91. The van der Waals surface area contributed by atoms with Gasteiger partial charge in [-0.05, 0) is 30.3 Å². The first-order valence-corrected chi connectivity index (χ1v) is 9.43. The van der Waals surface area contributed by atoms with Gasteiger partial charge in [0.25, 0.3) is 0 Å². The van der Waals surface area contributed by atoms with Crippen LogP contribution in [0.4, 0.5) is 17.1 Å². The van der Waals surface area contributed by atoms with Gasteiger partial charge < -0.3 is 30.0 Å². The molecule has 0 fully saturated rings. The summed E-state index contributed by atoms with van der Waals surface area (Å²) in [4.78, 5) is 0. The number of hydrogen-bond donors (Lipinski definition) is 2. The Morgan fingerprint density at radius 1 is 0.774 bits per heavy atom. The molecule has 3 N–H and O–H groups in total. The van der Waals surface area contributed by atoms with E-state index in [0.29, 0.717) is 40.2 Å². The lowest BCUT2D eigenvalue weighted by atomic mass is 10.1. The zero-order chi connectivity index (χ0) is 22.0. The Hall–Kier alpha value is -4.14. The van der Waals surface area contributed by atoms with Crippen molar-refractivity contribution in [2.24, 2.45) is 0 Å². The summed E-state index contributed by atoms with van der Waals surface area (Å²) >= 11 is 0. The van der Waals surface area contributed by atoms with Gasteiger partial charge in [-0.15, -0.1) is 10.2 Å². The predicted octanol–water partition coefficient (Wildman–Crippen LogP) is 3.76. The highest BCUT2D eigenvalue weighted by atomic mass is 16.5. The van der Waals surface area contributed by atoms with Crippen molar-refractivity contribution in [2.45, 2.75) is 0 Å². The molecule has 0 aliphatic rings. The average Bonchev–Trinajstić information content (AvgIpc) is 3.21. The van der Waals surface area contributed by atoms with E-state index >= 15 is 0 Å². The summed E-state index contributed by atoms with van der Waals surface area (Å²) in [7, 11) is 6.31. The number of rotatable bonds is 7. The molecular formula is C22H23N5O4. The third-order valence-electron chi connectivity index (χ3n) is 4.84. The molecule has 9 heteroatoms. The average molecular weight is 421 g/mol. The number of aromatic nitrogens is 3. The lowest BCUT2D eigenvalue weighted by Gasteiger charge is -2.15. The molecule has 0 spiro atoms. The topological polar surface area (TPSA) is 105 Å². The Morgan fingerprint density at radius 2 is 1.48 bits per heavy atom. The van der Waals surface area contributed by atoms with E-state index in [1.807, 2.05) is 53.1 Å². The van der Waals surface area contributed by atoms with Crippen molar-refractivity contribution in [3.05, 3.63) is 48.7 Å². The highest BCUT2D eigenvalue weighted by Gasteiger charge is 2.14. The number of anilines is 3. The van der Waals surface area contributed by atoms with Gasteiger partial charge >= 0.3 is 0 Å². The number of hydrogen-bond acceptors (Lipinski definition) is 8. The first kappa shape index (κ1) is 20.1. The minimum atomic E-state index is 0.531. The van der Waals surface area contributed by atoms with Gasteiger partial charge in [-0.1, -0.05) is 0 Å². The summed E-state index contributed by atoms with van der Waals surface area (Å²) in [6, 6.07) is 13.0. The van der Waals surface area contributed by atoms with Crippen LogP contribution in [0.2, 0.25) is 0 Å². The Balaban J connectivity index is 1.72. The number of nitrogens with one attached hydrogen (secondary N) is 1. The fourth-order valence-corrected chi connectivity index (χ4v) is 3.35. The smallest absolute Gasteiger partial charge is 0.203 e. The largest absolute Gasteiger partial charge is 0.495 e. The van der Waals surface area contributed by atoms with Gasteiger partial charge in [0.15, 0.2) is 23.0 Å². The second-order valence-corrected chi connectivity index (χ2v) is 6.67. The van der Waals surface area contributed by atoms with E-state index in [9.17, 15) is 0 Å². The van der Waals surface area contributed by atoms with E-state index in [-0.39, 0.29) is 0 Å². The van der Waals surface area contributed by atoms with Crippen molar-refractivity contribution in [1.29, 1.82) is 0 Å². The number of benzene rings is 2. The number of pyridine rings is 1. The van der Waals surface area contributed by atoms with Crippen molar-refractivity contribution in [1.82, 2.24) is 14.6 Å². The quantitative estimate of drug-likeness (QED) is 0.435. The zero-order valence-electron chi connectivity index (χ0n) is 17.7. The van der Waals surface area contributed by atoms with Gasteiger partial charge in [-0.25, -0.2) is 0 Å². The van der Waals surface area contributed by atoms with E-state index in [2.05, 4.69) is 15.5 Å². The lowest BCUT2D eigenvalue weighted by Crippen LogP contribution is -1.99. The summed E-state index contributed by atoms with van der Waals surface area (Å²) in [6.45, 7) is 0. The van der Waals surface area contributed by atoms with Crippen LogP contribution in [0.1, 0.15) is 0 Å². The molecule has 0 bridgehead atoms. The van der Waals surface area contributed by atoms with E-state index < -0.39 is 0 Å². The standard InChI is InChI=1S/C22H23N5O4/c1-28-17-7-5-13(9-16(17)23)22-26-25-20-8-6-14(12-27(20)22)24-15-10-18(29-2)21(31-4)19(11-15)30-3/h5-12,24H,23H2,1-4H3. The van der Waals surface area contributed by atoms with Crippen LogP contribution in [-0.2, 0) is 0 Å². The number of nitrogens with zero attached hydrogens (tertiary/aromatic N) is 3. The predicted molar refractivity (Wildman–Crippen MR) is 119 cm³/mol. The molecule has 0 unspecified atom stereocenters. The highest BCUT2D eigenvalue weighted by Crippen LogP contribution is 2.40. The van der Waals surface area contributed by atoms with Gasteiger partial charge in [0.1, 0.15) is 5.75 Å². The number of nitrogens with two attached hydrogens (primary N) is 1. The van der Waals surface area contributed by atoms with Gasteiger partial charge in [0, 0.05) is 29.6 Å². The molecule has 4 rings (SSSR count). The van der Waals surface area contributed by atoms with Gasteiger partial charge in [0.2, 0.25) is 5.75 Å². The molecule has 0 aliphatic heterocycles. The Bertz CT molecular complexity index is 1210.